The highest BCUT2D eigenvalue weighted by atomic mass is 35.5. The first kappa shape index (κ1) is 13.0. The van der Waals surface area contributed by atoms with Crippen molar-refractivity contribution in [2.45, 2.75) is 26.9 Å². The molecule has 1 aromatic rings. The minimum atomic E-state index is -0.573. The first-order chi connectivity index (χ1) is 7.50. The van der Waals surface area contributed by atoms with Crippen LogP contribution in [0.25, 0.3) is 0 Å². The minimum absolute atomic E-state index is 0.00830. The Kier molecular flexibility index (Phi) is 4.77. The van der Waals surface area contributed by atoms with E-state index in [1.165, 1.54) is 0 Å². The molecule has 88 valence electrons. The second-order valence-corrected chi connectivity index (χ2v) is 4.27. The summed E-state index contributed by atoms with van der Waals surface area (Å²) in [5.74, 6) is 0.464. The lowest BCUT2D eigenvalue weighted by Crippen LogP contribution is -2.26. The van der Waals surface area contributed by atoms with Crippen molar-refractivity contribution in [1.82, 2.24) is 0 Å². The summed E-state index contributed by atoms with van der Waals surface area (Å²) in [6.45, 7) is 5.31. The third kappa shape index (κ3) is 3.83. The fourth-order valence-corrected chi connectivity index (χ4v) is 1.26. The van der Waals surface area contributed by atoms with Crippen molar-refractivity contribution in [1.29, 1.82) is 0 Å². The molecule has 1 atom stereocenters. The van der Waals surface area contributed by atoms with Crippen molar-refractivity contribution in [2.75, 3.05) is 0 Å². The van der Waals surface area contributed by atoms with E-state index in [4.69, 9.17) is 21.4 Å². The van der Waals surface area contributed by atoms with Crippen LogP contribution >= 0.6 is 11.6 Å². The van der Waals surface area contributed by atoms with Crippen LogP contribution in [-0.2, 0) is 9.68 Å². The van der Waals surface area contributed by atoms with Crippen LogP contribution in [0.2, 0.25) is 5.02 Å². The number of hydrogen-bond donors (Lipinski definition) is 0. The monoisotopic (exact) mass is 242 g/mol. The number of hydrogen-bond acceptors (Lipinski definition) is 3. The molecule has 0 spiro atoms. The summed E-state index contributed by atoms with van der Waals surface area (Å²) in [6.07, 6.45) is -0.573. The lowest BCUT2D eigenvalue weighted by molar-refractivity contribution is -0.236. The van der Waals surface area contributed by atoms with Gasteiger partial charge in [-0.05, 0) is 31.2 Å². The second kappa shape index (κ2) is 5.87. The molecule has 0 fully saturated rings. The molecular formula is C12H15ClO3. The second-order valence-electron chi connectivity index (χ2n) is 3.83. The smallest absolute Gasteiger partial charge is 0.168 e. The molecule has 1 aromatic carbocycles. The molecule has 0 heterocycles. The largest absolute Gasteiger partial charge is 0.337 e. The Morgan fingerprint density at radius 1 is 1.19 bits per heavy atom. The van der Waals surface area contributed by atoms with Crippen LogP contribution < -0.4 is 4.89 Å². The standard InChI is InChI=1S/C12H15ClO3/c1-8(2)12(14)9(3)15-16-11-6-4-10(13)5-7-11/h4-9H,1-3H3. The molecule has 0 aliphatic heterocycles. The minimum Gasteiger partial charge on any atom is -0.337 e. The highest BCUT2D eigenvalue weighted by Gasteiger charge is 2.18. The number of carbonyl (C=O) groups is 1. The van der Waals surface area contributed by atoms with Gasteiger partial charge in [-0.2, -0.15) is 4.89 Å². The van der Waals surface area contributed by atoms with E-state index in [1.54, 1.807) is 31.2 Å². The van der Waals surface area contributed by atoms with Gasteiger partial charge in [0.2, 0.25) is 0 Å². The molecule has 4 heteroatoms. The van der Waals surface area contributed by atoms with Crippen molar-refractivity contribution in [3.05, 3.63) is 29.3 Å². The highest BCUT2D eigenvalue weighted by molar-refractivity contribution is 6.30. The number of rotatable bonds is 5. The van der Waals surface area contributed by atoms with Gasteiger partial charge < -0.3 is 4.89 Å². The van der Waals surface area contributed by atoms with Crippen molar-refractivity contribution < 1.29 is 14.6 Å². The van der Waals surface area contributed by atoms with Crippen molar-refractivity contribution in [2.24, 2.45) is 5.92 Å². The Morgan fingerprint density at radius 3 is 2.25 bits per heavy atom. The molecule has 0 N–H and O–H groups in total. The summed E-state index contributed by atoms with van der Waals surface area (Å²) in [5.41, 5.74) is 0. The Hall–Kier alpha value is -1.06. The Balaban J connectivity index is 2.45. The number of halogens is 1. The van der Waals surface area contributed by atoms with Crippen LogP contribution in [-0.4, -0.2) is 11.9 Å². The van der Waals surface area contributed by atoms with E-state index in [0.717, 1.165) is 0 Å². The van der Waals surface area contributed by atoms with Gasteiger partial charge in [-0.1, -0.05) is 25.4 Å². The summed E-state index contributed by atoms with van der Waals surface area (Å²) in [6, 6.07) is 6.73. The van der Waals surface area contributed by atoms with Crippen LogP contribution in [0.5, 0.6) is 5.75 Å². The highest BCUT2D eigenvalue weighted by Crippen LogP contribution is 2.16. The Bertz CT molecular complexity index is 346. The number of benzene rings is 1. The third-order valence-electron chi connectivity index (χ3n) is 2.07. The van der Waals surface area contributed by atoms with Crippen LogP contribution in [0.1, 0.15) is 20.8 Å². The average molecular weight is 243 g/mol. The first-order valence-electron chi connectivity index (χ1n) is 5.13. The zero-order valence-corrected chi connectivity index (χ0v) is 10.3. The molecule has 0 aliphatic rings. The predicted molar refractivity (Wildman–Crippen MR) is 62.5 cm³/mol. The molecule has 0 amide bonds. The summed E-state index contributed by atoms with van der Waals surface area (Å²) in [4.78, 5) is 21.5. The van der Waals surface area contributed by atoms with Crippen molar-refractivity contribution in [3.8, 4) is 5.75 Å². The maximum absolute atomic E-state index is 11.5. The van der Waals surface area contributed by atoms with Gasteiger partial charge in [-0.15, -0.1) is 0 Å². The molecular weight excluding hydrogens is 228 g/mol. The predicted octanol–water partition coefficient (Wildman–Crippen LogP) is 3.26. The van der Waals surface area contributed by atoms with E-state index < -0.39 is 6.10 Å². The maximum Gasteiger partial charge on any atom is 0.168 e. The topological polar surface area (TPSA) is 35.5 Å². The zero-order valence-electron chi connectivity index (χ0n) is 9.57. The van der Waals surface area contributed by atoms with Crippen molar-refractivity contribution >= 4 is 17.4 Å². The normalized spacial score (nSPS) is 12.6. The quantitative estimate of drug-likeness (QED) is 0.587. The SMILES string of the molecule is CC(C)C(=O)C(C)OOc1ccc(Cl)cc1. The first-order valence-corrected chi connectivity index (χ1v) is 5.51. The van der Waals surface area contributed by atoms with Gasteiger partial charge in [0, 0.05) is 10.9 Å². The molecule has 0 saturated carbocycles. The summed E-state index contributed by atoms with van der Waals surface area (Å²) in [5, 5.41) is 0.624. The van der Waals surface area contributed by atoms with Crippen LogP contribution in [0.15, 0.2) is 24.3 Å². The van der Waals surface area contributed by atoms with Gasteiger partial charge >= 0.3 is 0 Å². The molecule has 0 aromatic heterocycles. The lowest BCUT2D eigenvalue weighted by Gasteiger charge is -2.13. The van der Waals surface area contributed by atoms with E-state index in [-0.39, 0.29) is 11.7 Å². The molecule has 3 nitrogen and oxygen atoms in total. The molecule has 1 unspecified atom stereocenters. The van der Waals surface area contributed by atoms with Crippen LogP contribution in [0.3, 0.4) is 0 Å². The molecule has 0 aliphatic carbocycles. The Labute approximate surface area is 100 Å². The molecule has 0 saturated heterocycles. The van der Waals surface area contributed by atoms with Gasteiger partial charge in [0.05, 0.1) is 0 Å². The van der Waals surface area contributed by atoms with Crippen molar-refractivity contribution in [3.63, 3.8) is 0 Å². The van der Waals surface area contributed by atoms with Gasteiger partial charge in [0.1, 0.15) is 0 Å². The molecule has 0 bridgehead atoms. The van der Waals surface area contributed by atoms with Gasteiger partial charge in [-0.3, -0.25) is 4.79 Å². The Morgan fingerprint density at radius 2 is 1.75 bits per heavy atom. The summed E-state index contributed by atoms with van der Waals surface area (Å²) >= 11 is 5.72. The fraction of sp³-hybridized carbons (Fsp3) is 0.417. The maximum atomic E-state index is 11.5. The van der Waals surface area contributed by atoms with E-state index in [0.29, 0.717) is 10.8 Å². The van der Waals surface area contributed by atoms with E-state index >= 15 is 0 Å². The third-order valence-corrected chi connectivity index (χ3v) is 2.32. The van der Waals surface area contributed by atoms with E-state index in [9.17, 15) is 4.79 Å². The summed E-state index contributed by atoms with van der Waals surface area (Å²) < 4.78 is 0. The van der Waals surface area contributed by atoms with Gasteiger partial charge in [0.15, 0.2) is 17.6 Å². The molecule has 1 rings (SSSR count). The van der Waals surface area contributed by atoms with E-state index in [2.05, 4.69) is 0 Å². The number of Topliss-reactive ketones (excluding diaryl/α,β-unsaturated/α-hetero) is 1. The van der Waals surface area contributed by atoms with Crippen LogP contribution in [0.4, 0.5) is 0 Å². The average Bonchev–Trinajstić information content (AvgIpc) is 2.26. The number of ketones is 1. The molecule has 16 heavy (non-hydrogen) atoms. The summed E-state index contributed by atoms with van der Waals surface area (Å²) in [7, 11) is 0. The van der Waals surface area contributed by atoms with Gasteiger partial charge in [0.25, 0.3) is 0 Å². The zero-order chi connectivity index (χ0) is 12.1. The van der Waals surface area contributed by atoms with Gasteiger partial charge in [-0.25, -0.2) is 0 Å². The lowest BCUT2D eigenvalue weighted by atomic mass is 10.1. The fourth-order valence-electron chi connectivity index (χ4n) is 1.13. The van der Waals surface area contributed by atoms with Crippen LogP contribution in [0, 0.1) is 5.92 Å². The molecule has 0 radical (unpaired) electrons. The van der Waals surface area contributed by atoms with E-state index in [1.807, 2.05) is 13.8 Å². The number of carbonyl (C=O) groups excluding carboxylic acids is 1.